The van der Waals surface area contributed by atoms with Gasteiger partial charge in [-0.2, -0.15) is 0 Å². The zero-order valence-corrected chi connectivity index (χ0v) is 10.6. The second-order valence-corrected chi connectivity index (χ2v) is 3.69. The van der Waals surface area contributed by atoms with Crippen LogP contribution in [0.15, 0.2) is 18.2 Å². The van der Waals surface area contributed by atoms with E-state index in [0.29, 0.717) is 23.9 Å². The van der Waals surface area contributed by atoms with Crippen LogP contribution in [0.4, 0.5) is 0 Å². The van der Waals surface area contributed by atoms with E-state index in [1.54, 1.807) is 14.2 Å². The number of unbranched alkanes of at least 4 members (excludes halogenated alkanes) is 2. The molecule has 0 bridgehead atoms. The highest BCUT2D eigenvalue weighted by Crippen LogP contribution is 2.36. The van der Waals surface area contributed by atoms with Crippen LogP contribution in [0.5, 0.6) is 17.2 Å². The first-order valence-electron chi connectivity index (χ1n) is 5.87. The Hall–Kier alpha value is -1.42. The number of rotatable bonds is 8. The lowest BCUT2D eigenvalue weighted by Crippen LogP contribution is -2.03. The number of nitrogens with two attached hydrogens (primary N) is 1. The molecule has 0 aromatic heterocycles. The van der Waals surface area contributed by atoms with Crippen molar-refractivity contribution in [1.82, 2.24) is 0 Å². The maximum Gasteiger partial charge on any atom is 0.203 e. The largest absolute Gasteiger partial charge is 0.493 e. The lowest BCUT2D eigenvalue weighted by atomic mass is 10.2. The first-order valence-corrected chi connectivity index (χ1v) is 5.87. The zero-order chi connectivity index (χ0) is 12.5. The molecular weight excluding hydrogens is 218 g/mol. The van der Waals surface area contributed by atoms with Gasteiger partial charge in [-0.15, -0.1) is 0 Å². The van der Waals surface area contributed by atoms with Gasteiger partial charge in [0, 0.05) is 0 Å². The Bertz CT molecular complexity index is 306. The molecule has 0 fully saturated rings. The van der Waals surface area contributed by atoms with E-state index >= 15 is 0 Å². The fraction of sp³-hybridized carbons (Fsp3) is 0.538. The van der Waals surface area contributed by atoms with Gasteiger partial charge in [-0.25, -0.2) is 0 Å². The molecule has 0 aliphatic heterocycles. The Balaban J connectivity index is 2.55. The van der Waals surface area contributed by atoms with Crippen LogP contribution in [0.25, 0.3) is 0 Å². The van der Waals surface area contributed by atoms with Gasteiger partial charge in [0.05, 0.1) is 20.8 Å². The van der Waals surface area contributed by atoms with Gasteiger partial charge in [-0.3, -0.25) is 0 Å². The molecule has 1 aromatic rings. The Kier molecular flexibility index (Phi) is 6.25. The molecule has 0 saturated carbocycles. The molecule has 96 valence electrons. The molecule has 0 spiro atoms. The molecule has 1 rings (SSSR count). The predicted molar refractivity (Wildman–Crippen MR) is 67.9 cm³/mol. The van der Waals surface area contributed by atoms with Crippen molar-refractivity contribution < 1.29 is 14.2 Å². The average Bonchev–Trinajstić information content (AvgIpc) is 2.38. The van der Waals surface area contributed by atoms with E-state index in [1.165, 1.54) is 0 Å². The third-order valence-corrected chi connectivity index (χ3v) is 2.48. The number of ether oxygens (including phenoxy) is 3. The summed E-state index contributed by atoms with van der Waals surface area (Å²) in [7, 11) is 3.24. The molecule has 1 aromatic carbocycles. The van der Waals surface area contributed by atoms with Crippen molar-refractivity contribution >= 4 is 0 Å². The van der Waals surface area contributed by atoms with Crippen molar-refractivity contribution in [3.05, 3.63) is 18.2 Å². The summed E-state index contributed by atoms with van der Waals surface area (Å²) >= 11 is 0. The van der Waals surface area contributed by atoms with Crippen molar-refractivity contribution in [1.29, 1.82) is 0 Å². The minimum Gasteiger partial charge on any atom is -0.493 e. The maximum atomic E-state index is 5.71. The summed E-state index contributed by atoms with van der Waals surface area (Å²) in [6, 6.07) is 5.59. The van der Waals surface area contributed by atoms with Gasteiger partial charge in [0.25, 0.3) is 0 Å². The van der Waals surface area contributed by atoms with Gasteiger partial charge < -0.3 is 19.9 Å². The summed E-state index contributed by atoms with van der Waals surface area (Å²) in [4.78, 5) is 0. The summed E-state index contributed by atoms with van der Waals surface area (Å²) in [6.45, 7) is 1.38. The second kappa shape index (κ2) is 7.79. The summed E-state index contributed by atoms with van der Waals surface area (Å²) in [6.07, 6.45) is 3.10. The van der Waals surface area contributed by atoms with E-state index in [0.717, 1.165) is 25.8 Å². The smallest absolute Gasteiger partial charge is 0.203 e. The number of para-hydroxylation sites is 1. The molecule has 0 atom stereocenters. The predicted octanol–water partition coefficient (Wildman–Crippen LogP) is 2.21. The van der Waals surface area contributed by atoms with Crippen molar-refractivity contribution in [2.45, 2.75) is 19.3 Å². The van der Waals surface area contributed by atoms with E-state index < -0.39 is 0 Å². The minimum absolute atomic E-state index is 0.650. The number of hydrogen-bond acceptors (Lipinski definition) is 4. The molecular formula is C13H21NO3. The van der Waals surface area contributed by atoms with Gasteiger partial charge >= 0.3 is 0 Å². The molecule has 0 saturated heterocycles. The highest BCUT2D eigenvalue weighted by molar-refractivity contribution is 5.51. The van der Waals surface area contributed by atoms with E-state index in [-0.39, 0.29) is 0 Å². The summed E-state index contributed by atoms with van der Waals surface area (Å²) < 4.78 is 16.2. The van der Waals surface area contributed by atoms with Crippen LogP contribution < -0.4 is 19.9 Å². The third-order valence-electron chi connectivity index (χ3n) is 2.48. The third kappa shape index (κ3) is 4.15. The monoisotopic (exact) mass is 239 g/mol. The van der Waals surface area contributed by atoms with Crippen LogP contribution in [0, 0.1) is 0 Å². The molecule has 0 aliphatic rings. The fourth-order valence-corrected chi connectivity index (χ4v) is 1.56. The van der Waals surface area contributed by atoms with Crippen LogP contribution in [0.1, 0.15) is 19.3 Å². The van der Waals surface area contributed by atoms with Crippen molar-refractivity contribution in [2.24, 2.45) is 5.73 Å². The molecule has 17 heavy (non-hydrogen) atoms. The van der Waals surface area contributed by atoms with E-state index in [4.69, 9.17) is 19.9 Å². The molecule has 2 N–H and O–H groups in total. The van der Waals surface area contributed by atoms with Crippen LogP contribution >= 0.6 is 0 Å². The molecule has 0 heterocycles. The molecule has 4 nitrogen and oxygen atoms in total. The summed E-state index contributed by atoms with van der Waals surface area (Å²) in [5, 5.41) is 0. The number of methoxy groups -OCH3 is 2. The molecule has 0 amide bonds. The minimum atomic E-state index is 0.650. The zero-order valence-electron chi connectivity index (χ0n) is 10.6. The Morgan fingerprint density at radius 1 is 1.00 bits per heavy atom. The van der Waals surface area contributed by atoms with Crippen LogP contribution in [-0.4, -0.2) is 27.4 Å². The van der Waals surface area contributed by atoms with Gasteiger partial charge in [0.1, 0.15) is 0 Å². The highest BCUT2D eigenvalue weighted by atomic mass is 16.5. The Morgan fingerprint density at radius 2 is 1.65 bits per heavy atom. The summed E-state index contributed by atoms with van der Waals surface area (Å²) in [5.74, 6) is 2.07. The maximum absolute atomic E-state index is 5.71. The molecule has 0 unspecified atom stereocenters. The second-order valence-electron chi connectivity index (χ2n) is 3.69. The lowest BCUT2D eigenvalue weighted by molar-refractivity contribution is 0.268. The van der Waals surface area contributed by atoms with Gasteiger partial charge in [0.15, 0.2) is 11.5 Å². The first-order chi connectivity index (χ1) is 8.33. The van der Waals surface area contributed by atoms with Gasteiger partial charge in [0.2, 0.25) is 5.75 Å². The lowest BCUT2D eigenvalue weighted by Gasteiger charge is -2.13. The molecule has 0 aliphatic carbocycles. The Labute approximate surface area is 103 Å². The quantitative estimate of drug-likeness (QED) is 0.707. The number of hydrogen-bond donors (Lipinski definition) is 1. The average molecular weight is 239 g/mol. The van der Waals surface area contributed by atoms with E-state index in [9.17, 15) is 0 Å². The van der Waals surface area contributed by atoms with Crippen LogP contribution in [0.3, 0.4) is 0 Å². The fourth-order valence-electron chi connectivity index (χ4n) is 1.56. The van der Waals surface area contributed by atoms with Crippen LogP contribution in [-0.2, 0) is 0 Å². The highest BCUT2D eigenvalue weighted by Gasteiger charge is 2.10. The SMILES string of the molecule is COc1cccc(OC)c1OCCCCCN. The summed E-state index contributed by atoms with van der Waals surface area (Å²) in [5.41, 5.74) is 5.43. The molecule has 0 radical (unpaired) electrons. The Morgan fingerprint density at radius 3 is 2.18 bits per heavy atom. The van der Waals surface area contributed by atoms with Crippen LogP contribution in [0.2, 0.25) is 0 Å². The standard InChI is InChI=1S/C13H21NO3/c1-15-11-7-6-8-12(16-2)13(11)17-10-5-3-4-9-14/h6-8H,3-5,9-10,14H2,1-2H3. The topological polar surface area (TPSA) is 53.7 Å². The number of benzene rings is 1. The first kappa shape index (κ1) is 13.6. The molecule has 4 heteroatoms. The van der Waals surface area contributed by atoms with Crippen molar-refractivity contribution in [3.63, 3.8) is 0 Å². The van der Waals surface area contributed by atoms with Gasteiger partial charge in [-0.1, -0.05) is 6.07 Å². The normalized spacial score (nSPS) is 10.1. The van der Waals surface area contributed by atoms with E-state index in [1.807, 2.05) is 18.2 Å². The van der Waals surface area contributed by atoms with Crippen molar-refractivity contribution in [3.8, 4) is 17.2 Å². The van der Waals surface area contributed by atoms with Crippen molar-refractivity contribution in [2.75, 3.05) is 27.4 Å². The van der Waals surface area contributed by atoms with Gasteiger partial charge in [-0.05, 0) is 37.9 Å². The van der Waals surface area contributed by atoms with E-state index in [2.05, 4.69) is 0 Å².